The Morgan fingerprint density at radius 3 is 3.07 bits per heavy atom. The minimum absolute atomic E-state index is 0.488. The Morgan fingerprint density at radius 1 is 1.73 bits per heavy atom. The second-order valence-corrected chi connectivity index (χ2v) is 4.80. The number of hydrazine groups is 1. The van der Waals surface area contributed by atoms with Crippen LogP contribution in [0.25, 0.3) is 0 Å². The first-order valence-corrected chi connectivity index (χ1v) is 5.95. The Kier molecular flexibility index (Phi) is 3.23. The Bertz CT molecular complexity index is 329. The van der Waals surface area contributed by atoms with Crippen molar-refractivity contribution in [1.29, 1.82) is 0 Å². The maximum absolute atomic E-state index is 5.46. The molecule has 15 heavy (non-hydrogen) atoms. The van der Waals surface area contributed by atoms with Crippen LogP contribution in [0.15, 0.2) is 22.5 Å². The molecule has 1 aliphatic carbocycles. The highest BCUT2D eigenvalue weighted by atomic mass is 32.1. The average molecular weight is 224 g/mol. The Labute approximate surface area is 93.8 Å². The molecule has 1 aliphatic rings. The molecule has 5 heteroatoms. The molecule has 1 heterocycles. The van der Waals surface area contributed by atoms with Crippen molar-refractivity contribution in [3.05, 3.63) is 22.4 Å². The zero-order valence-electron chi connectivity index (χ0n) is 8.81. The largest absolute Gasteiger partial charge is 0.340 e. The van der Waals surface area contributed by atoms with Gasteiger partial charge >= 0.3 is 0 Å². The topological polar surface area (TPSA) is 53.6 Å². The number of thiophene rings is 1. The molecule has 1 aromatic heterocycles. The zero-order valence-corrected chi connectivity index (χ0v) is 9.63. The van der Waals surface area contributed by atoms with Crippen LogP contribution in [0.2, 0.25) is 0 Å². The highest BCUT2D eigenvalue weighted by Crippen LogP contribution is 2.23. The fraction of sp³-hybridized carbons (Fsp3) is 0.500. The Morgan fingerprint density at radius 2 is 2.53 bits per heavy atom. The molecule has 0 spiro atoms. The summed E-state index contributed by atoms with van der Waals surface area (Å²) < 4.78 is 0. The molecule has 1 saturated carbocycles. The van der Waals surface area contributed by atoms with E-state index in [0.717, 1.165) is 12.5 Å². The SMILES string of the molecule is CN(Cc1cccs1)C(=NC1CC1)NN. The highest BCUT2D eigenvalue weighted by Gasteiger charge is 2.22. The molecule has 0 radical (unpaired) electrons. The van der Waals surface area contributed by atoms with Gasteiger partial charge in [0.05, 0.1) is 12.6 Å². The molecule has 82 valence electrons. The van der Waals surface area contributed by atoms with Gasteiger partial charge in [-0.15, -0.1) is 11.3 Å². The molecule has 0 bridgehead atoms. The number of nitrogens with two attached hydrogens (primary N) is 1. The number of nitrogens with zero attached hydrogens (tertiary/aromatic N) is 2. The second kappa shape index (κ2) is 4.63. The molecule has 0 amide bonds. The van der Waals surface area contributed by atoms with Crippen LogP contribution in [0.4, 0.5) is 0 Å². The van der Waals surface area contributed by atoms with Gasteiger partial charge in [-0.25, -0.2) is 10.8 Å². The molecular formula is C10H16N4S. The third-order valence-electron chi connectivity index (χ3n) is 2.32. The van der Waals surface area contributed by atoms with Crippen LogP contribution in [-0.2, 0) is 6.54 Å². The quantitative estimate of drug-likeness (QED) is 0.351. The summed E-state index contributed by atoms with van der Waals surface area (Å²) in [5.41, 5.74) is 2.67. The Hall–Kier alpha value is -1.07. The number of nitrogens with one attached hydrogen (secondary N) is 1. The van der Waals surface area contributed by atoms with Gasteiger partial charge in [0, 0.05) is 11.9 Å². The summed E-state index contributed by atoms with van der Waals surface area (Å²) in [5.74, 6) is 6.24. The van der Waals surface area contributed by atoms with E-state index in [1.807, 2.05) is 11.9 Å². The first-order chi connectivity index (χ1) is 7.29. The predicted octanol–water partition coefficient (Wildman–Crippen LogP) is 1.16. The van der Waals surface area contributed by atoms with Crippen LogP contribution in [0, 0.1) is 0 Å². The van der Waals surface area contributed by atoms with Crippen molar-refractivity contribution < 1.29 is 0 Å². The van der Waals surface area contributed by atoms with Gasteiger partial charge < -0.3 is 4.90 Å². The number of rotatable bonds is 3. The minimum atomic E-state index is 0.488. The fourth-order valence-electron chi connectivity index (χ4n) is 1.33. The van der Waals surface area contributed by atoms with Crippen LogP contribution < -0.4 is 11.3 Å². The zero-order chi connectivity index (χ0) is 10.7. The van der Waals surface area contributed by atoms with E-state index in [1.54, 1.807) is 11.3 Å². The summed E-state index contributed by atoms with van der Waals surface area (Å²) in [4.78, 5) is 7.86. The lowest BCUT2D eigenvalue weighted by Crippen LogP contribution is -2.42. The van der Waals surface area contributed by atoms with Crippen molar-refractivity contribution in [1.82, 2.24) is 10.3 Å². The second-order valence-electron chi connectivity index (χ2n) is 3.76. The number of aliphatic imine (C=N–C) groups is 1. The molecule has 0 atom stereocenters. The summed E-state index contributed by atoms with van der Waals surface area (Å²) in [6.45, 7) is 0.855. The lowest BCUT2D eigenvalue weighted by Gasteiger charge is -2.19. The molecule has 1 fully saturated rings. The lowest BCUT2D eigenvalue weighted by molar-refractivity contribution is 0.481. The Balaban J connectivity index is 1.95. The van der Waals surface area contributed by atoms with Crippen molar-refractivity contribution in [2.75, 3.05) is 7.05 Å². The molecule has 0 unspecified atom stereocenters. The molecule has 1 aromatic rings. The van der Waals surface area contributed by atoms with Gasteiger partial charge in [0.15, 0.2) is 0 Å². The van der Waals surface area contributed by atoms with E-state index in [1.165, 1.54) is 17.7 Å². The van der Waals surface area contributed by atoms with Crippen molar-refractivity contribution >= 4 is 17.3 Å². The molecule has 0 aliphatic heterocycles. The first-order valence-electron chi connectivity index (χ1n) is 5.07. The van der Waals surface area contributed by atoms with Gasteiger partial charge in [-0.2, -0.15) is 0 Å². The minimum Gasteiger partial charge on any atom is -0.340 e. The maximum Gasteiger partial charge on any atom is 0.208 e. The summed E-state index contributed by atoms with van der Waals surface area (Å²) >= 11 is 1.75. The summed E-state index contributed by atoms with van der Waals surface area (Å²) in [6.07, 6.45) is 2.38. The van der Waals surface area contributed by atoms with Crippen LogP contribution in [0.1, 0.15) is 17.7 Å². The number of hydrogen-bond acceptors (Lipinski definition) is 3. The average Bonchev–Trinajstić information content (AvgIpc) is 2.91. The third kappa shape index (κ3) is 2.94. The van der Waals surface area contributed by atoms with Crippen molar-refractivity contribution in [2.24, 2.45) is 10.8 Å². The van der Waals surface area contributed by atoms with Gasteiger partial charge in [-0.05, 0) is 24.3 Å². The van der Waals surface area contributed by atoms with Crippen molar-refractivity contribution in [3.63, 3.8) is 0 Å². The van der Waals surface area contributed by atoms with E-state index >= 15 is 0 Å². The molecule has 0 saturated heterocycles. The smallest absolute Gasteiger partial charge is 0.208 e. The van der Waals surface area contributed by atoms with Gasteiger partial charge in [0.25, 0.3) is 0 Å². The molecule has 0 aromatic carbocycles. The van der Waals surface area contributed by atoms with Gasteiger partial charge in [0.1, 0.15) is 0 Å². The van der Waals surface area contributed by atoms with Gasteiger partial charge in [0.2, 0.25) is 5.96 Å². The molecule has 2 rings (SSSR count). The lowest BCUT2D eigenvalue weighted by atomic mass is 10.4. The van der Waals surface area contributed by atoms with E-state index < -0.39 is 0 Å². The summed E-state index contributed by atoms with van der Waals surface area (Å²) in [7, 11) is 2.00. The van der Waals surface area contributed by atoms with E-state index in [4.69, 9.17) is 5.84 Å². The number of hydrogen-bond donors (Lipinski definition) is 2. The van der Waals surface area contributed by atoms with Crippen molar-refractivity contribution in [2.45, 2.75) is 25.4 Å². The van der Waals surface area contributed by atoms with E-state index in [-0.39, 0.29) is 0 Å². The number of guanidine groups is 1. The van der Waals surface area contributed by atoms with Crippen LogP contribution in [0.3, 0.4) is 0 Å². The van der Waals surface area contributed by atoms with Crippen LogP contribution in [0.5, 0.6) is 0 Å². The van der Waals surface area contributed by atoms with Crippen LogP contribution >= 0.6 is 11.3 Å². The third-order valence-corrected chi connectivity index (χ3v) is 3.18. The summed E-state index contributed by atoms with van der Waals surface area (Å²) in [5, 5.41) is 2.08. The fourth-order valence-corrected chi connectivity index (χ4v) is 2.09. The molecule has 3 N–H and O–H groups in total. The standard InChI is InChI=1S/C10H16N4S/c1-14(7-9-3-2-6-15-9)10(13-11)12-8-4-5-8/h2-3,6,8H,4-5,7,11H2,1H3,(H,12,13). The molecule has 4 nitrogen and oxygen atoms in total. The summed E-state index contributed by atoms with van der Waals surface area (Å²) in [6, 6.07) is 4.66. The maximum atomic E-state index is 5.46. The van der Waals surface area contributed by atoms with E-state index in [0.29, 0.717) is 6.04 Å². The monoisotopic (exact) mass is 224 g/mol. The van der Waals surface area contributed by atoms with Gasteiger partial charge in [-0.3, -0.25) is 5.43 Å². The van der Waals surface area contributed by atoms with E-state index in [9.17, 15) is 0 Å². The predicted molar refractivity (Wildman–Crippen MR) is 63.6 cm³/mol. The van der Waals surface area contributed by atoms with Gasteiger partial charge in [-0.1, -0.05) is 6.07 Å². The molecular weight excluding hydrogens is 208 g/mol. The van der Waals surface area contributed by atoms with E-state index in [2.05, 4.69) is 27.9 Å². The normalized spacial score (nSPS) is 16.5. The highest BCUT2D eigenvalue weighted by molar-refractivity contribution is 7.09. The van der Waals surface area contributed by atoms with Crippen molar-refractivity contribution in [3.8, 4) is 0 Å². The first kappa shape index (κ1) is 10.4. The van der Waals surface area contributed by atoms with Crippen LogP contribution in [-0.4, -0.2) is 23.9 Å².